The van der Waals surface area contributed by atoms with Gasteiger partial charge in [-0.1, -0.05) is 0 Å². The highest BCUT2D eigenvalue weighted by Gasteiger charge is 2.38. The number of carbonyl (C=O) groups excluding carboxylic acids is 3. The number of amides is 1. The van der Waals surface area contributed by atoms with Gasteiger partial charge in [0.05, 0.1) is 32.8 Å². The molecule has 1 aliphatic carbocycles. The normalized spacial score (nSPS) is 14.7. The van der Waals surface area contributed by atoms with Crippen molar-refractivity contribution in [3.8, 4) is 5.75 Å². The highest BCUT2D eigenvalue weighted by Crippen LogP contribution is 2.46. The van der Waals surface area contributed by atoms with Crippen LogP contribution in [0.1, 0.15) is 43.5 Å². The van der Waals surface area contributed by atoms with Crippen molar-refractivity contribution in [1.29, 1.82) is 0 Å². The summed E-state index contributed by atoms with van der Waals surface area (Å²) in [5.74, 6) is -1.99. The predicted molar refractivity (Wildman–Crippen MR) is 116 cm³/mol. The smallest absolute Gasteiger partial charge is 0.349 e. The molecule has 4 rings (SSSR count). The molecule has 0 fully saturated rings. The second kappa shape index (κ2) is 8.46. The number of aryl methyl sites for hydroxylation is 1. The van der Waals surface area contributed by atoms with Gasteiger partial charge in [0, 0.05) is 10.3 Å². The van der Waals surface area contributed by atoms with E-state index in [1.807, 2.05) is 0 Å². The number of fused-ring (bicyclic) bond motifs is 2. The summed E-state index contributed by atoms with van der Waals surface area (Å²) in [7, 11) is 3.99. The first-order valence-corrected chi connectivity index (χ1v) is 10.4. The summed E-state index contributed by atoms with van der Waals surface area (Å²) in [5, 5.41) is 3.32. The van der Waals surface area contributed by atoms with E-state index in [4.69, 9.17) is 18.6 Å². The second-order valence-electron chi connectivity index (χ2n) is 7.05. The number of hydrogen-bond donors (Lipinski definition) is 1. The average Bonchev–Trinajstić information content (AvgIpc) is 3.35. The minimum absolute atomic E-state index is 0.0978. The SMILES string of the molecule is COC(=O)c1c(NC(=O)c2cc3cc(OC)ccc3oc2=O)sc2c1C(C(=O)OC)CC2. The molecule has 1 unspecified atom stereocenters. The van der Waals surface area contributed by atoms with Crippen molar-refractivity contribution in [1.82, 2.24) is 0 Å². The van der Waals surface area contributed by atoms with Crippen LogP contribution in [0.3, 0.4) is 0 Å². The summed E-state index contributed by atoms with van der Waals surface area (Å²) in [6.45, 7) is 0. The lowest BCUT2D eigenvalue weighted by atomic mass is 9.99. The largest absolute Gasteiger partial charge is 0.497 e. The highest BCUT2D eigenvalue weighted by molar-refractivity contribution is 7.17. The Labute approximate surface area is 185 Å². The zero-order chi connectivity index (χ0) is 23.0. The first-order chi connectivity index (χ1) is 15.4. The number of carbonyl (C=O) groups is 3. The molecule has 1 N–H and O–H groups in total. The van der Waals surface area contributed by atoms with E-state index in [0.29, 0.717) is 35.1 Å². The maximum absolute atomic E-state index is 13.0. The van der Waals surface area contributed by atoms with E-state index < -0.39 is 29.4 Å². The van der Waals surface area contributed by atoms with Crippen LogP contribution < -0.4 is 15.7 Å². The summed E-state index contributed by atoms with van der Waals surface area (Å²) < 4.78 is 20.2. The molecule has 1 aromatic carbocycles. The van der Waals surface area contributed by atoms with Gasteiger partial charge in [0.2, 0.25) is 0 Å². The van der Waals surface area contributed by atoms with Crippen molar-refractivity contribution in [3.05, 3.63) is 56.3 Å². The average molecular weight is 457 g/mol. The Bertz CT molecular complexity index is 1310. The molecule has 0 saturated heterocycles. The molecule has 9 nitrogen and oxygen atoms in total. The molecule has 1 amide bonds. The Balaban J connectivity index is 1.74. The Morgan fingerprint density at radius 3 is 2.59 bits per heavy atom. The van der Waals surface area contributed by atoms with Gasteiger partial charge in [0.15, 0.2) is 0 Å². The lowest BCUT2D eigenvalue weighted by Crippen LogP contribution is -2.22. The summed E-state index contributed by atoms with van der Waals surface area (Å²) >= 11 is 1.17. The molecule has 1 atom stereocenters. The number of methoxy groups -OCH3 is 3. The summed E-state index contributed by atoms with van der Waals surface area (Å²) in [6, 6.07) is 6.24. The molecule has 2 heterocycles. The Hall–Kier alpha value is -3.66. The van der Waals surface area contributed by atoms with Crippen LogP contribution in [0, 0.1) is 0 Å². The number of nitrogens with one attached hydrogen (secondary N) is 1. The lowest BCUT2D eigenvalue weighted by molar-refractivity contribution is -0.142. The molecule has 0 aliphatic heterocycles. The number of esters is 2. The van der Waals surface area contributed by atoms with Crippen molar-refractivity contribution in [3.63, 3.8) is 0 Å². The van der Waals surface area contributed by atoms with Crippen molar-refractivity contribution in [2.45, 2.75) is 18.8 Å². The summed E-state index contributed by atoms with van der Waals surface area (Å²) in [5.41, 5.74) is -0.158. The Morgan fingerprint density at radius 1 is 1.12 bits per heavy atom. The van der Waals surface area contributed by atoms with E-state index in [1.54, 1.807) is 18.2 Å². The lowest BCUT2D eigenvalue weighted by Gasteiger charge is -2.11. The Morgan fingerprint density at radius 2 is 1.91 bits per heavy atom. The predicted octanol–water partition coefficient (Wildman–Crippen LogP) is 3.10. The number of benzene rings is 1. The maximum atomic E-state index is 13.0. The number of hydrogen-bond acceptors (Lipinski definition) is 9. The Kier molecular flexibility index (Phi) is 5.70. The zero-order valence-corrected chi connectivity index (χ0v) is 18.3. The number of rotatable bonds is 5. The summed E-state index contributed by atoms with van der Waals surface area (Å²) in [4.78, 5) is 50.9. The van der Waals surface area contributed by atoms with E-state index in [0.717, 1.165) is 4.88 Å². The fraction of sp³-hybridized carbons (Fsp3) is 0.273. The number of anilines is 1. The van der Waals surface area contributed by atoms with E-state index in [2.05, 4.69) is 5.32 Å². The first-order valence-electron chi connectivity index (χ1n) is 9.62. The van der Waals surface area contributed by atoms with Gasteiger partial charge in [-0.2, -0.15) is 0 Å². The number of ether oxygens (including phenoxy) is 3. The standard InChI is InChI=1S/C22H19NO8S/c1-28-11-4-6-14-10(8-11)9-13(21(26)31-14)18(24)23-19-17(22(27)30-3)16-12(20(25)29-2)5-7-15(16)32-19/h4,6,8-9,12H,5,7H2,1-3H3,(H,23,24). The van der Waals surface area contributed by atoms with Crippen LogP contribution in [-0.4, -0.2) is 39.2 Å². The molecule has 2 aromatic heterocycles. The van der Waals surface area contributed by atoms with Gasteiger partial charge in [-0.25, -0.2) is 9.59 Å². The van der Waals surface area contributed by atoms with Gasteiger partial charge in [-0.3, -0.25) is 9.59 Å². The van der Waals surface area contributed by atoms with Gasteiger partial charge in [0.1, 0.15) is 21.9 Å². The molecule has 32 heavy (non-hydrogen) atoms. The molecule has 1 aliphatic rings. The second-order valence-corrected chi connectivity index (χ2v) is 8.16. The summed E-state index contributed by atoms with van der Waals surface area (Å²) in [6.07, 6.45) is 1.06. The van der Waals surface area contributed by atoms with E-state index in [1.165, 1.54) is 38.7 Å². The fourth-order valence-electron chi connectivity index (χ4n) is 3.79. The third-order valence-corrected chi connectivity index (χ3v) is 6.50. The molecular formula is C22H19NO8S. The molecular weight excluding hydrogens is 438 g/mol. The maximum Gasteiger partial charge on any atom is 0.349 e. The third-order valence-electron chi connectivity index (χ3n) is 5.32. The van der Waals surface area contributed by atoms with Gasteiger partial charge in [-0.05, 0) is 42.7 Å². The third kappa shape index (κ3) is 3.62. The van der Waals surface area contributed by atoms with Gasteiger partial charge < -0.3 is 23.9 Å². The van der Waals surface area contributed by atoms with Crippen molar-refractivity contribution >= 4 is 45.2 Å². The van der Waals surface area contributed by atoms with Crippen molar-refractivity contribution in [2.24, 2.45) is 0 Å². The van der Waals surface area contributed by atoms with Crippen molar-refractivity contribution in [2.75, 3.05) is 26.6 Å². The van der Waals surface area contributed by atoms with E-state index in [9.17, 15) is 19.2 Å². The van der Waals surface area contributed by atoms with E-state index in [-0.39, 0.29) is 16.1 Å². The van der Waals surface area contributed by atoms with Crippen LogP contribution in [0.5, 0.6) is 5.75 Å². The fourth-order valence-corrected chi connectivity index (χ4v) is 5.05. The van der Waals surface area contributed by atoms with Crippen LogP contribution in [0.25, 0.3) is 11.0 Å². The molecule has 10 heteroatoms. The molecule has 0 spiro atoms. The number of thiophene rings is 1. The van der Waals surface area contributed by atoms with Crippen LogP contribution in [0.4, 0.5) is 5.00 Å². The van der Waals surface area contributed by atoms with Crippen LogP contribution in [-0.2, 0) is 20.7 Å². The molecule has 3 aromatic rings. The first kappa shape index (κ1) is 21.6. The van der Waals surface area contributed by atoms with Crippen LogP contribution in [0.2, 0.25) is 0 Å². The van der Waals surface area contributed by atoms with E-state index >= 15 is 0 Å². The van der Waals surface area contributed by atoms with Gasteiger partial charge in [-0.15, -0.1) is 11.3 Å². The minimum atomic E-state index is -0.823. The monoisotopic (exact) mass is 457 g/mol. The highest BCUT2D eigenvalue weighted by atomic mass is 32.1. The van der Waals surface area contributed by atoms with Crippen molar-refractivity contribution < 1.29 is 33.0 Å². The topological polar surface area (TPSA) is 121 Å². The quantitative estimate of drug-likeness (QED) is 0.458. The molecule has 166 valence electrons. The molecule has 0 saturated carbocycles. The minimum Gasteiger partial charge on any atom is -0.497 e. The van der Waals surface area contributed by atoms with Gasteiger partial charge in [0.25, 0.3) is 5.91 Å². The zero-order valence-electron chi connectivity index (χ0n) is 17.5. The molecule has 0 bridgehead atoms. The molecule has 0 radical (unpaired) electrons. The van der Waals surface area contributed by atoms with Gasteiger partial charge >= 0.3 is 17.6 Å². The van der Waals surface area contributed by atoms with Crippen LogP contribution in [0.15, 0.2) is 33.5 Å². The van der Waals surface area contributed by atoms with Crippen LogP contribution >= 0.6 is 11.3 Å².